The molecule has 0 bridgehead atoms. The van der Waals surface area contributed by atoms with Crippen molar-refractivity contribution in [2.24, 2.45) is 10.7 Å². The number of morpholine rings is 1. The number of hydrogen-bond donors (Lipinski definition) is 1. The standard InChI is InChI=1S/C26H25FN4O3/c1-25(2)14-31(10-11-33-25)17-6-8-22-20(13-17)26(15-32-24(28)30-26)19-12-16(5-7-21(19)34-22)18-4-3-9-29-23(18)27/h3-9,12-13H,10-11,14-15H2,1-2H3,(H2,28,30). The summed E-state index contributed by atoms with van der Waals surface area (Å²) in [5, 5.41) is 0. The first-order chi connectivity index (χ1) is 16.3. The molecule has 0 aliphatic carbocycles. The average Bonchev–Trinajstić information content (AvgIpc) is 3.21. The van der Waals surface area contributed by atoms with Crippen LogP contribution in [0.2, 0.25) is 0 Å². The lowest BCUT2D eigenvalue weighted by atomic mass is 9.80. The largest absolute Gasteiger partial charge is 0.462 e. The summed E-state index contributed by atoms with van der Waals surface area (Å²) in [6, 6.07) is 15.2. The maximum Gasteiger partial charge on any atom is 0.283 e. The van der Waals surface area contributed by atoms with Crippen LogP contribution in [0.25, 0.3) is 11.1 Å². The number of anilines is 1. The normalized spacial score (nSPS) is 22.4. The molecule has 0 saturated carbocycles. The van der Waals surface area contributed by atoms with Crippen molar-refractivity contribution in [3.8, 4) is 22.6 Å². The summed E-state index contributed by atoms with van der Waals surface area (Å²) in [7, 11) is 0. The first-order valence-corrected chi connectivity index (χ1v) is 11.3. The lowest BCUT2D eigenvalue weighted by molar-refractivity contribution is -0.0277. The van der Waals surface area contributed by atoms with Gasteiger partial charge in [0.1, 0.15) is 18.1 Å². The van der Waals surface area contributed by atoms with Crippen LogP contribution >= 0.6 is 0 Å². The number of rotatable bonds is 2. The van der Waals surface area contributed by atoms with E-state index < -0.39 is 11.5 Å². The van der Waals surface area contributed by atoms with Gasteiger partial charge in [0, 0.05) is 41.7 Å². The number of nitrogens with zero attached hydrogens (tertiary/aromatic N) is 3. The Balaban J connectivity index is 1.49. The van der Waals surface area contributed by atoms with Crippen LogP contribution in [0.4, 0.5) is 10.1 Å². The molecular formula is C26H25FN4O3. The van der Waals surface area contributed by atoms with Crippen LogP contribution in [-0.4, -0.2) is 42.9 Å². The van der Waals surface area contributed by atoms with E-state index in [-0.39, 0.29) is 18.2 Å². The van der Waals surface area contributed by atoms with Crippen molar-refractivity contribution >= 4 is 11.7 Å². The first-order valence-electron chi connectivity index (χ1n) is 11.3. The van der Waals surface area contributed by atoms with E-state index in [1.54, 1.807) is 12.1 Å². The monoisotopic (exact) mass is 460 g/mol. The van der Waals surface area contributed by atoms with E-state index in [0.29, 0.717) is 29.2 Å². The number of benzene rings is 2. The maximum atomic E-state index is 14.5. The van der Waals surface area contributed by atoms with Gasteiger partial charge in [-0.2, -0.15) is 4.39 Å². The van der Waals surface area contributed by atoms with E-state index in [9.17, 15) is 4.39 Å². The number of halogens is 1. The number of aliphatic imine (C=N–C) groups is 1. The molecule has 34 heavy (non-hydrogen) atoms. The van der Waals surface area contributed by atoms with Gasteiger partial charge < -0.3 is 24.8 Å². The third-order valence-electron chi connectivity index (χ3n) is 6.64. The smallest absolute Gasteiger partial charge is 0.283 e. The van der Waals surface area contributed by atoms with Crippen molar-refractivity contribution in [1.29, 1.82) is 0 Å². The van der Waals surface area contributed by atoms with Gasteiger partial charge in [0.25, 0.3) is 6.02 Å². The van der Waals surface area contributed by atoms with Crippen LogP contribution in [0.1, 0.15) is 25.0 Å². The molecule has 3 aromatic rings. The van der Waals surface area contributed by atoms with Crippen LogP contribution in [-0.2, 0) is 15.0 Å². The highest BCUT2D eigenvalue weighted by Crippen LogP contribution is 2.52. The molecule has 1 atom stereocenters. The number of hydrogen-bond acceptors (Lipinski definition) is 7. The van der Waals surface area contributed by atoms with Crippen molar-refractivity contribution < 1.29 is 18.6 Å². The van der Waals surface area contributed by atoms with Crippen LogP contribution < -0.4 is 15.4 Å². The second kappa shape index (κ2) is 7.43. The van der Waals surface area contributed by atoms with Crippen molar-refractivity contribution in [2.75, 3.05) is 31.2 Å². The molecule has 3 aliphatic heterocycles. The van der Waals surface area contributed by atoms with E-state index in [1.807, 2.05) is 24.3 Å². The Labute approximate surface area is 197 Å². The molecular weight excluding hydrogens is 435 g/mol. The molecule has 6 rings (SSSR count). The molecule has 3 aliphatic rings. The van der Waals surface area contributed by atoms with Crippen LogP contribution in [0.5, 0.6) is 11.5 Å². The number of nitrogens with two attached hydrogens (primary N) is 1. The highest BCUT2D eigenvalue weighted by atomic mass is 19.1. The van der Waals surface area contributed by atoms with Gasteiger partial charge in [-0.05, 0) is 61.9 Å². The van der Waals surface area contributed by atoms with E-state index in [0.717, 1.165) is 29.9 Å². The quantitative estimate of drug-likeness (QED) is 0.578. The molecule has 7 nitrogen and oxygen atoms in total. The maximum absolute atomic E-state index is 14.5. The minimum Gasteiger partial charge on any atom is -0.462 e. The number of fused-ring (bicyclic) bond motifs is 4. The Morgan fingerprint density at radius 3 is 2.59 bits per heavy atom. The highest BCUT2D eigenvalue weighted by molar-refractivity contribution is 5.78. The van der Waals surface area contributed by atoms with Gasteiger partial charge in [-0.3, -0.25) is 0 Å². The lowest BCUT2D eigenvalue weighted by Gasteiger charge is -2.40. The SMILES string of the molecule is CC1(C)CN(c2ccc3c(c2)C2(COC(N)=N2)c2cc(-c4cccnc4F)ccc2O3)CCO1. The second-order valence-electron chi connectivity index (χ2n) is 9.46. The zero-order chi connectivity index (χ0) is 23.5. The van der Waals surface area contributed by atoms with Gasteiger partial charge in [0.05, 0.1) is 12.2 Å². The molecule has 1 saturated heterocycles. The predicted octanol–water partition coefficient (Wildman–Crippen LogP) is 4.20. The topological polar surface area (TPSA) is 82.2 Å². The first kappa shape index (κ1) is 20.9. The number of ether oxygens (including phenoxy) is 3. The molecule has 0 amide bonds. The summed E-state index contributed by atoms with van der Waals surface area (Å²) in [6.45, 7) is 6.63. The summed E-state index contributed by atoms with van der Waals surface area (Å²) in [5.74, 6) is 0.811. The van der Waals surface area contributed by atoms with Gasteiger partial charge in [-0.25, -0.2) is 9.98 Å². The van der Waals surface area contributed by atoms with Gasteiger partial charge >= 0.3 is 0 Å². The molecule has 1 unspecified atom stereocenters. The Kier molecular flexibility index (Phi) is 4.57. The van der Waals surface area contributed by atoms with E-state index in [1.165, 1.54) is 6.20 Å². The summed E-state index contributed by atoms with van der Waals surface area (Å²) in [4.78, 5) is 10.9. The second-order valence-corrected chi connectivity index (χ2v) is 9.46. The van der Waals surface area contributed by atoms with E-state index in [2.05, 4.69) is 35.9 Å². The number of pyridine rings is 1. The van der Waals surface area contributed by atoms with Crippen molar-refractivity contribution in [3.63, 3.8) is 0 Å². The molecule has 2 N–H and O–H groups in total. The lowest BCUT2D eigenvalue weighted by Crippen LogP contribution is -2.48. The van der Waals surface area contributed by atoms with Gasteiger partial charge in [0.2, 0.25) is 5.95 Å². The summed E-state index contributed by atoms with van der Waals surface area (Å²) >= 11 is 0. The molecule has 8 heteroatoms. The Morgan fingerprint density at radius 1 is 1.06 bits per heavy atom. The zero-order valence-electron chi connectivity index (χ0n) is 19.0. The van der Waals surface area contributed by atoms with Gasteiger partial charge in [-0.15, -0.1) is 0 Å². The summed E-state index contributed by atoms with van der Waals surface area (Å²) in [5.41, 5.74) is 8.69. The van der Waals surface area contributed by atoms with Gasteiger partial charge in [0.15, 0.2) is 5.54 Å². The van der Waals surface area contributed by atoms with Gasteiger partial charge in [-0.1, -0.05) is 6.07 Å². The number of aromatic nitrogens is 1. The Bertz CT molecular complexity index is 1330. The Hall–Kier alpha value is -3.65. The molecule has 174 valence electrons. The average molecular weight is 461 g/mol. The molecule has 4 heterocycles. The van der Waals surface area contributed by atoms with E-state index >= 15 is 0 Å². The highest BCUT2D eigenvalue weighted by Gasteiger charge is 2.47. The fraction of sp³-hybridized carbons (Fsp3) is 0.308. The number of amidine groups is 1. The molecule has 1 aromatic heterocycles. The van der Waals surface area contributed by atoms with Crippen LogP contribution in [0.3, 0.4) is 0 Å². The fourth-order valence-corrected chi connectivity index (χ4v) is 5.05. The molecule has 2 aromatic carbocycles. The van der Waals surface area contributed by atoms with Crippen LogP contribution in [0.15, 0.2) is 59.7 Å². The molecule has 1 fully saturated rings. The van der Waals surface area contributed by atoms with Crippen molar-refractivity contribution in [2.45, 2.75) is 25.0 Å². The Morgan fingerprint density at radius 2 is 1.85 bits per heavy atom. The molecule has 0 radical (unpaired) electrons. The van der Waals surface area contributed by atoms with E-state index in [4.69, 9.17) is 24.9 Å². The van der Waals surface area contributed by atoms with Crippen LogP contribution in [0, 0.1) is 5.95 Å². The molecule has 1 spiro atoms. The fourth-order valence-electron chi connectivity index (χ4n) is 5.05. The van der Waals surface area contributed by atoms with Crippen molar-refractivity contribution in [1.82, 2.24) is 4.98 Å². The summed E-state index contributed by atoms with van der Waals surface area (Å²) in [6.07, 6.45) is 1.43. The van der Waals surface area contributed by atoms with Crippen molar-refractivity contribution in [3.05, 3.63) is 71.8 Å². The summed E-state index contributed by atoms with van der Waals surface area (Å²) < 4.78 is 32.3. The zero-order valence-corrected chi connectivity index (χ0v) is 19.0. The minimum absolute atomic E-state index is 0.120. The third-order valence-corrected chi connectivity index (χ3v) is 6.64. The minimum atomic E-state index is -0.889. The third kappa shape index (κ3) is 3.28. The predicted molar refractivity (Wildman–Crippen MR) is 127 cm³/mol.